The highest BCUT2D eigenvalue weighted by molar-refractivity contribution is 5.99. The molecule has 0 amide bonds. The number of nitrogens with zero attached hydrogens (tertiary/aromatic N) is 1. The van der Waals surface area contributed by atoms with Crippen molar-refractivity contribution < 1.29 is 29.3 Å². The van der Waals surface area contributed by atoms with Gasteiger partial charge in [0, 0.05) is 24.9 Å². The summed E-state index contributed by atoms with van der Waals surface area (Å²) < 4.78 is 12.8. The topological polar surface area (TPSA) is 98.0 Å². The maximum atomic E-state index is 12.1. The summed E-state index contributed by atoms with van der Waals surface area (Å²) in [6, 6.07) is 15.4. The lowest BCUT2D eigenvalue weighted by molar-refractivity contribution is -0.136. The van der Waals surface area contributed by atoms with Gasteiger partial charge in [-0.25, -0.2) is 0 Å². The standard InChI is InChI=1S/C28H33NO6/c1-19(30)27-24(34-2)15-23(16-25(27)35-3)28(33)22(11-7-10-20-8-5-4-6-9-20)18-29-13-12-21(17-29)14-26(31)32/h4-6,8-9,12-13,15-17,22,28,33H,7,10-11,14,18H2,1-3H3,(H,31,32)/t22-,28-/m0/s1. The molecular weight excluding hydrogens is 446 g/mol. The number of hydrogen-bond donors (Lipinski definition) is 2. The van der Waals surface area contributed by atoms with Gasteiger partial charge in [0.1, 0.15) is 17.1 Å². The predicted molar refractivity (Wildman–Crippen MR) is 133 cm³/mol. The number of ether oxygens (including phenoxy) is 2. The fourth-order valence-electron chi connectivity index (χ4n) is 4.44. The normalized spacial score (nSPS) is 12.7. The van der Waals surface area contributed by atoms with Crippen molar-refractivity contribution in [2.75, 3.05) is 14.2 Å². The molecule has 0 saturated carbocycles. The molecule has 3 aromatic rings. The van der Waals surface area contributed by atoms with E-state index in [-0.39, 0.29) is 18.1 Å². The highest BCUT2D eigenvalue weighted by atomic mass is 16.5. The van der Waals surface area contributed by atoms with Crippen molar-refractivity contribution in [1.82, 2.24) is 4.57 Å². The number of carbonyl (C=O) groups excluding carboxylic acids is 1. The number of aliphatic carboxylic acids is 1. The number of hydrogen-bond acceptors (Lipinski definition) is 5. The van der Waals surface area contributed by atoms with Crippen molar-refractivity contribution >= 4 is 11.8 Å². The lowest BCUT2D eigenvalue weighted by atomic mass is 9.89. The maximum Gasteiger partial charge on any atom is 0.307 e. The first-order valence-electron chi connectivity index (χ1n) is 11.7. The summed E-state index contributed by atoms with van der Waals surface area (Å²) in [4.78, 5) is 23.2. The monoisotopic (exact) mass is 479 g/mol. The molecule has 7 heteroatoms. The summed E-state index contributed by atoms with van der Waals surface area (Å²) in [5.74, 6) is -0.511. The minimum Gasteiger partial charge on any atom is -0.496 e. The third-order valence-corrected chi connectivity index (χ3v) is 6.16. The van der Waals surface area contributed by atoms with Gasteiger partial charge in [0.15, 0.2) is 5.78 Å². The Kier molecular flexibility index (Phi) is 9.09. The Morgan fingerprint density at radius 2 is 1.66 bits per heavy atom. The number of aliphatic hydroxyl groups excluding tert-OH is 1. The van der Waals surface area contributed by atoms with E-state index in [1.807, 2.05) is 35.2 Å². The van der Waals surface area contributed by atoms with Crippen molar-refractivity contribution in [2.24, 2.45) is 5.92 Å². The van der Waals surface area contributed by atoms with Crippen LogP contribution in [-0.4, -0.2) is 40.8 Å². The van der Waals surface area contributed by atoms with Gasteiger partial charge in [0.2, 0.25) is 0 Å². The van der Waals surface area contributed by atoms with Gasteiger partial charge >= 0.3 is 5.97 Å². The van der Waals surface area contributed by atoms with Gasteiger partial charge in [0.25, 0.3) is 0 Å². The molecule has 186 valence electrons. The van der Waals surface area contributed by atoms with Crippen molar-refractivity contribution in [1.29, 1.82) is 0 Å². The number of benzene rings is 2. The molecule has 0 aliphatic rings. The molecular formula is C28H33NO6. The van der Waals surface area contributed by atoms with Crippen molar-refractivity contribution in [2.45, 2.75) is 45.3 Å². The molecule has 2 atom stereocenters. The first kappa shape index (κ1) is 26.0. The average Bonchev–Trinajstić information content (AvgIpc) is 3.28. The van der Waals surface area contributed by atoms with Crippen molar-refractivity contribution in [3.05, 3.63) is 83.2 Å². The summed E-state index contributed by atoms with van der Waals surface area (Å²) in [6.45, 7) is 1.96. The van der Waals surface area contributed by atoms with Crippen LogP contribution in [0.2, 0.25) is 0 Å². The number of carbonyl (C=O) groups is 2. The van der Waals surface area contributed by atoms with Crippen LogP contribution in [0.5, 0.6) is 11.5 Å². The lowest BCUT2D eigenvalue weighted by Gasteiger charge is -2.25. The molecule has 1 aromatic heterocycles. The van der Waals surface area contributed by atoms with Gasteiger partial charge < -0.3 is 24.3 Å². The quantitative estimate of drug-likeness (QED) is 0.345. The second-order valence-corrected chi connectivity index (χ2v) is 8.73. The zero-order valence-corrected chi connectivity index (χ0v) is 20.4. The van der Waals surface area contributed by atoms with Crippen LogP contribution in [0, 0.1) is 5.92 Å². The van der Waals surface area contributed by atoms with Gasteiger partial charge in [-0.2, -0.15) is 0 Å². The number of carboxylic acids is 1. The van der Waals surface area contributed by atoms with Gasteiger partial charge in [-0.05, 0) is 61.1 Å². The lowest BCUT2D eigenvalue weighted by Crippen LogP contribution is -2.19. The van der Waals surface area contributed by atoms with E-state index in [4.69, 9.17) is 14.6 Å². The van der Waals surface area contributed by atoms with Crippen LogP contribution in [0.1, 0.15) is 52.9 Å². The Bertz CT molecular complexity index is 1110. The minimum atomic E-state index is -0.882. The van der Waals surface area contributed by atoms with Gasteiger partial charge in [-0.3, -0.25) is 9.59 Å². The molecule has 3 rings (SSSR count). The summed E-state index contributed by atoms with van der Waals surface area (Å²) in [5.41, 5.74) is 2.89. The smallest absolute Gasteiger partial charge is 0.307 e. The van der Waals surface area contributed by atoms with E-state index in [1.165, 1.54) is 26.7 Å². The number of aliphatic hydroxyl groups is 1. The maximum absolute atomic E-state index is 12.1. The Hall–Kier alpha value is -3.58. The van der Waals surface area contributed by atoms with E-state index in [2.05, 4.69) is 12.1 Å². The van der Waals surface area contributed by atoms with E-state index in [1.54, 1.807) is 18.2 Å². The average molecular weight is 480 g/mol. The first-order valence-corrected chi connectivity index (χ1v) is 11.7. The molecule has 2 aromatic carbocycles. The van der Waals surface area contributed by atoms with Gasteiger partial charge in [-0.15, -0.1) is 0 Å². The number of ketones is 1. The molecule has 1 heterocycles. The fourth-order valence-corrected chi connectivity index (χ4v) is 4.44. The number of Topliss-reactive ketones (excluding diaryl/α,β-unsaturated/α-hetero) is 1. The number of rotatable bonds is 13. The molecule has 0 fully saturated rings. The Morgan fingerprint density at radius 3 is 2.23 bits per heavy atom. The van der Waals surface area contributed by atoms with Crippen LogP contribution in [0.25, 0.3) is 0 Å². The summed E-state index contributed by atoms with van der Waals surface area (Å²) >= 11 is 0. The fraction of sp³-hybridized carbons (Fsp3) is 0.357. The van der Waals surface area contributed by atoms with Crippen LogP contribution in [-0.2, 0) is 24.2 Å². The van der Waals surface area contributed by atoms with E-state index < -0.39 is 12.1 Å². The van der Waals surface area contributed by atoms with Crippen LogP contribution in [0.4, 0.5) is 0 Å². The number of aromatic nitrogens is 1. The molecule has 0 aliphatic heterocycles. The highest BCUT2D eigenvalue weighted by Gasteiger charge is 2.25. The van der Waals surface area contributed by atoms with Gasteiger partial charge in [-0.1, -0.05) is 30.3 Å². The Morgan fingerprint density at radius 1 is 1.00 bits per heavy atom. The molecule has 0 spiro atoms. The molecule has 0 bridgehead atoms. The van der Waals surface area contributed by atoms with Crippen molar-refractivity contribution in [3.63, 3.8) is 0 Å². The molecule has 35 heavy (non-hydrogen) atoms. The second kappa shape index (κ2) is 12.2. The molecule has 7 nitrogen and oxygen atoms in total. The van der Waals surface area contributed by atoms with E-state index in [0.717, 1.165) is 19.3 Å². The SMILES string of the molecule is COc1cc([C@@H](O)[C@@H](CCCc2ccccc2)Cn2ccc(CC(=O)O)c2)cc(OC)c1C(C)=O. The largest absolute Gasteiger partial charge is 0.496 e. The van der Waals surface area contributed by atoms with Crippen LogP contribution < -0.4 is 9.47 Å². The van der Waals surface area contributed by atoms with E-state index in [0.29, 0.717) is 34.7 Å². The third-order valence-electron chi connectivity index (χ3n) is 6.16. The predicted octanol–water partition coefficient (Wildman–Crippen LogP) is 4.71. The first-order chi connectivity index (χ1) is 16.8. The van der Waals surface area contributed by atoms with E-state index in [9.17, 15) is 14.7 Å². The van der Waals surface area contributed by atoms with Crippen LogP contribution in [0.3, 0.4) is 0 Å². The summed E-state index contributed by atoms with van der Waals surface area (Å²) in [7, 11) is 2.97. The number of methoxy groups -OCH3 is 2. The number of carboxylic acid groups (broad SMARTS) is 1. The van der Waals surface area contributed by atoms with E-state index >= 15 is 0 Å². The zero-order valence-electron chi connectivity index (χ0n) is 20.4. The number of aryl methyl sites for hydroxylation is 1. The molecule has 0 radical (unpaired) electrons. The second-order valence-electron chi connectivity index (χ2n) is 8.73. The Balaban J connectivity index is 1.87. The van der Waals surface area contributed by atoms with Crippen molar-refractivity contribution in [3.8, 4) is 11.5 Å². The summed E-state index contributed by atoms with van der Waals surface area (Å²) in [6.07, 6.45) is 5.25. The molecule has 0 unspecified atom stereocenters. The molecule has 2 N–H and O–H groups in total. The highest BCUT2D eigenvalue weighted by Crippen LogP contribution is 2.37. The molecule has 0 saturated heterocycles. The van der Waals surface area contributed by atoms with Crippen LogP contribution in [0.15, 0.2) is 60.9 Å². The molecule has 0 aliphatic carbocycles. The summed E-state index contributed by atoms with van der Waals surface area (Å²) in [5, 5.41) is 20.5. The third kappa shape index (κ3) is 6.96. The minimum absolute atomic E-state index is 0.0465. The van der Waals surface area contributed by atoms with Crippen LogP contribution >= 0.6 is 0 Å². The zero-order chi connectivity index (χ0) is 25.4. The van der Waals surface area contributed by atoms with Gasteiger partial charge in [0.05, 0.1) is 26.7 Å². The Labute approximate surface area is 205 Å².